The molecule has 3 fully saturated rings. The minimum Gasteiger partial charge on any atom is -0.479 e. The van der Waals surface area contributed by atoms with Crippen LogP contribution in [-0.4, -0.2) is 58.7 Å². The fourth-order valence-electron chi connectivity index (χ4n) is 5.40. The van der Waals surface area contributed by atoms with E-state index in [2.05, 4.69) is 20.3 Å². The van der Waals surface area contributed by atoms with Gasteiger partial charge in [-0.3, -0.25) is 14.3 Å². The molecule has 1 amide bonds. The Morgan fingerprint density at radius 3 is 2.61 bits per heavy atom. The van der Waals surface area contributed by atoms with E-state index in [0.29, 0.717) is 41.0 Å². The molecule has 9 nitrogen and oxygen atoms in total. The number of carbonyl (C=O) groups is 2. The maximum absolute atomic E-state index is 12.8. The Balaban J connectivity index is 1.02. The van der Waals surface area contributed by atoms with E-state index < -0.39 is 18.6 Å². The molecule has 0 radical (unpaired) electrons. The number of ketones is 1. The van der Waals surface area contributed by atoms with Crippen LogP contribution in [0.3, 0.4) is 0 Å². The maximum atomic E-state index is 12.8. The van der Waals surface area contributed by atoms with Crippen molar-refractivity contribution >= 4 is 23.3 Å². The van der Waals surface area contributed by atoms with E-state index in [9.17, 15) is 22.8 Å². The molecule has 6 rings (SSSR count). The topological polar surface area (TPSA) is 113 Å². The van der Waals surface area contributed by atoms with Gasteiger partial charge < -0.3 is 19.2 Å². The second-order valence-electron chi connectivity index (χ2n) is 9.61. The molecule has 1 N–H and O–H groups in total. The van der Waals surface area contributed by atoms with Gasteiger partial charge in [-0.2, -0.15) is 0 Å². The molecular formula is C23H21ClF3N3O6. The van der Waals surface area contributed by atoms with Crippen molar-refractivity contribution in [2.75, 3.05) is 0 Å². The fraction of sp³-hybridized carbons (Fsp3) is 0.565. The number of aromatic nitrogens is 2. The first-order valence-electron chi connectivity index (χ1n) is 11.7. The van der Waals surface area contributed by atoms with Crippen molar-refractivity contribution in [1.82, 2.24) is 15.5 Å². The molecular weight excluding hydrogens is 507 g/mol. The summed E-state index contributed by atoms with van der Waals surface area (Å²) in [5.74, 6) is 0.00933. The average molecular weight is 528 g/mol. The summed E-state index contributed by atoms with van der Waals surface area (Å²) in [6.45, 7) is 0. The van der Waals surface area contributed by atoms with Gasteiger partial charge >= 0.3 is 6.36 Å². The van der Waals surface area contributed by atoms with Crippen molar-refractivity contribution in [3.63, 3.8) is 0 Å². The summed E-state index contributed by atoms with van der Waals surface area (Å²) in [4.78, 5) is 25.3. The van der Waals surface area contributed by atoms with Gasteiger partial charge in [-0.15, -0.1) is 23.4 Å². The highest BCUT2D eigenvalue weighted by Crippen LogP contribution is 2.46. The molecule has 3 aliphatic heterocycles. The zero-order valence-corrected chi connectivity index (χ0v) is 19.4. The van der Waals surface area contributed by atoms with Crippen molar-refractivity contribution in [2.24, 2.45) is 0 Å². The third-order valence-electron chi connectivity index (χ3n) is 7.24. The summed E-state index contributed by atoms with van der Waals surface area (Å²) in [6.07, 6.45) is -5.65. The molecule has 4 heterocycles. The van der Waals surface area contributed by atoms with Crippen molar-refractivity contribution in [2.45, 2.75) is 80.8 Å². The van der Waals surface area contributed by atoms with Crippen LogP contribution in [-0.2, 0) is 14.3 Å². The lowest BCUT2D eigenvalue weighted by Crippen LogP contribution is -2.49. The lowest BCUT2D eigenvalue weighted by molar-refractivity contribution is -0.352. The van der Waals surface area contributed by atoms with Crippen molar-refractivity contribution < 1.29 is 41.4 Å². The van der Waals surface area contributed by atoms with Crippen LogP contribution >= 0.6 is 11.6 Å². The number of rotatable bonds is 5. The molecule has 2 bridgehead atoms. The minimum absolute atomic E-state index is 0.0791. The molecule has 1 aromatic carbocycles. The first-order valence-corrected chi connectivity index (χ1v) is 12.0. The molecule has 2 saturated heterocycles. The van der Waals surface area contributed by atoms with E-state index in [4.69, 9.17) is 25.5 Å². The van der Waals surface area contributed by atoms with Gasteiger partial charge in [-0.05, 0) is 43.9 Å². The number of nitrogens with zero attached hydrogens (tertiary/aromatic N) is 2. The van der Waals surface area contributed by atoms with Gasteiger partial charge in [0.2, 0.25) is 11.8 Å². The summed E-state index contributed by atoms with van der Waals surface area (Å²) in [6, 6.07) is 4.45. The highest BCUT2D eigenvalue weighted by atomic mass is 35.5. The van der Waals surface area contributed by atoms with Gasteiger partial charge in [0.05, 0.1) is 42.3 Å². The van der Waals surface area contributed by atoms with Crippen LogP contribution in [0.1, 0.15) is 66.1 Å². The number of carbonyl (C=O) groups excluding carboxylic acids is 2. The van der Waals surface area contributed by atoms with E-state index in [1.54, 1.807) is 12.1 Å². The minimum atomic E-state index is -4.65. The SMILES string of the molecule is O=C1C[C@@H](C(=O)NC2CC3OC2CC3c2nnc(C3CC(OC(F)(F)F)C3)o2)Oc2ccc(Cl)cc21. The van der Waals surface area contributed by atoms with Gasteiger partial charge in [0, 0.05) is 10.9 Å². The Morgan fingerprint density at radius 1 is 1.11 bits per heavy atom. The van der Waals surface area contributed by atoms with E-state index in [0.717, 1.165) is 0 Å². The molecule has 5 atom stereocenters. The summed E-state index contributed by atoms with van der Waals surface area (Å²) in [5.41, 5.74) is 0.363. The fourth-order valence-corrected chi connectivity index (χ4v) is 5.57. The van der Waals surface area contributed by atoms with Gasteiger partial charge in [0.1, 0.15) is 5.75 Å². The van der Waals surface area contributed by atoms with Crippen LogP contribution < -0.4 is 10.1 Å². The monoisotopic (exact) mass is 527 g/mol. The smallest absolute Gasteiger partial charge is 0.479 e. The van der Waals surface area contributed by atoms with Crippen LogP contribution in [0.15, 0.2) is 22.6 Å². The lowest BCUT2D eigenvalue weighted by Gasteiger charge is -2.32. The normalized spacial score (nSPS) is 33.1. The summed E-state index contributed by atoms with van der Waals surface area (Å²) < 4.78 is 58.5. The predicted octanol–water partition coefficient (Wildman–Crippen LogP) is 3.67. The zero-order valence-electron chi connectivity index (χ0n) is 18.7. The predicted molar refractivity (Wildman–Crippen MR) is 115 cm³/mol. The number of nitrogens with one attached hydrogen (secondary N) is 1. The van der Waals surface area contributed by atoms with E-state index in [-0.39, 0.29) is 61.0 Å². The van der Waals surface area contributed by atoms with Crippen molar-refractivity contribution in [3.8, 4) is 5.75 Å². The highest BCUT2D eigenvalue weighted by molar-refractivity contribution is 6.31. The zero-order chi connectivity index (χ0) is 25.2. The summed E-state index contributed by atoms with van der Waals surface area (Å²) in [7, 11) is 0. The molecule has 192 valence electrons. The Labute approximate surface area is 207 Å². The molecule has 1 saturated carbocycles. The molecule has 4 aliphatic rings. The van der Waals surface area contributed by atoms with Gasteiger partial charge in [-0.25, -0.2) is 0 Å². The second-order valence-corrected chi connectivity index (χ2v) is 10.0. The van der Waals surface area contributed by atoms with Gasteiger partial charge in [0.15, 0.2) is 11.9 Å². The Bertz CT molecular complexity index is 1200. The standard InChI is InChI=1S/C23H21ClF3N3O6/c24-10-1-2-16-12(5-10)15(31)8-19(33-16)20(32)28-14-7-17-13(6-18(14)34-17)22-30-29-21(35-22)9-3-11(4-9)36-23(25,26)27/h1-2,5,9,11,13-14,17-19H,3-4,6-8H2,(H,28,32)/t9?,11?,13?,14?,17?,18?,19-/m0/s1. The largest absolute Gasteiger partial charge is 0.522 e. The summed E-state index contributed by atoms with van der Waals surface area (Å²) in [5, 5.41) is 11.5. The number of hydrogen-bond acceptors (Lipinski definition) is 8. The molecule has 13 heteroatoms. The number of halogens is 4. The molecule has 1 aromatic heterocycles. The van der Waals surface area contributed by atoms with Gasteiger partial charge in [0.25, 0.3) is 5.91 Å². The van der Waals surface area contributed by atoms with Crippen molar-refractivity contribution in [1.29, 1.82) is 0 Å². The third kappa shape index (κ3) is 4.46. The van der Waals surface area contributed by atoms with Crippen LogP contribution in [0.25, 0.3) is 0 Å². The van der Waals surface area contributed by atoms with E-state index >= 15 is 0 Å². The summed E-state index contributed by atoms with van der Waals surface area (Å²) >= 11 is 5.94. The number of fused-ring (bicyclic) bond motifs is 3. The van der Waals surface area contributed by atoms with Crippen LogP contribution in [0.5, 0.6) is 5.75 Å². The molecule has 2 aromatic rings. The lowest BCUT2D eigenvalue weighted by atomic mass is 9.82. The van der Waals surface area contributed by atoms with Crippen molar-refractivity contribution in [3.05, 3.63) is 40.6 Å². The number of Topliss-reactive ketones (excluding diaryl/α,β-unsaturated/α-hetero) is 1. The first-order chi connectivity index (χ1) is 17.1. The molecule has 4 unspecified atom stereocenters. The van der Waals surface area contributed by atoms with E-state index in [1.165, 1.54) is 6.07 Å². The average Bonchev–Trinajstić information content (AvgIpc) is 3.51. The van der Waals surface area contributed by atoms with Crippen LogP contribution in [0, 0.1) is 0 Å². The number of alkyl halides is 3. The molecule has 0 spiro atoms. The highest BCUT2D eigenvalue weighted by Gasteiger charge is 2.51. The maximum Gasteiger partial charge on any atom is 0.522 e. The van der Waals surface area contributed by atoms with Crippen LogP contribution in [0.2, 0.25) is 5.02 Å². The van der Waals surface area contributed by atoms with E-state index in [1.807, 2.05) is 0 Å². The quantitative estimate of drug-likeness (QED) is 0.627. The Morgan fingerprint density at radius 2 is 1.89 bits per heavy atom. The third-order valence-corrected chi connectivity index (χ3v) is 7.47. The number of ether oxygens (including phenoxy) is 3. The second kappa shape index (κ2) is 8.70. The number of amides is 1. The number of benzene rings is 1. The van der Waals surface area contributed by atoms with Gasteiger partial charge in [-0.1, -0.05) is 11.6 Å². The molecule has 36 heavy (non-hydrogen) atoms. The Kier molecular flexibility index (Phi) is 5.73. The molecule has 1 aliphatic carbocycles. The Hall–Kier alpha value is -2.70. The first kappa shape index (κ1) is 23.7. The number of hydrogen-bond donors (Lipinski definition) is 1. The van der Waals surface area contributed by atoms with Crippen LogP contribution in [0.4, 0.5) is 13.2 Å².